The first-order valence-corrected chi connectivity index (χ1v) is 2.64. The first kappa shape index (κ1) is 8.14. The molecule has 0 aliphatic heterocycles. The van der Waals surface area contributed by atoms with Crippen LogP contribution >= 0.6 is 0 Å². The van der Waals surface area contributed by atoms with E-state index < -0.39 is 5.41 Å². The van der Waals surface area contributed by atoms with Crippen molar-refractivity contribution < 1.29 is 14.3 Å². The van der Waals surface area contributed by atoms with Crippen molar-refractivity contribution in [3.63, 3.8) is 0 Å². The van der Waals surface area contributed by atoms with Crippen molar-refractivity contribution in [1.29, 1.82) is 0 Å². The van der Waals surface area contributed by atoms with Gasteiger partial charge < -0.3 is 9.53 Å². The summed E-state index contributed by atoms with van der Waals surface area (Å²) >= 11 is 0. The second-order valence-electron chi connectivity index (χ2n) is 2.51. The van der Waals surface area contributed by atoms with E-state index in [0.29, 0.717) is 6.47 Å². The van der Waals surface area contributed by atoms with E-state index in [1.54, 1.807) is 13.8 Å². The molecule has 0 heterocycles. The average Bonchev–Trinajstić information content (AvgIpc) is 1.84. The highest BCUT2D eigenvalue weighted by Gasteiger charge is 2.16. The van der Waals surface area contributed by atoms with E-state index in [0.717, 1.165) is 6.29 Å². The summed E-state index contributed by atoms with van der Waals surface area (Å²) < 4.78 is 4.38. The molecule has 0 aromatic rings. The Balaban J connectivity index is 3.57. The Hall–Kier alpha value is -0.860. The van der Waals surface area contributed by atoms with Crippen LogP contribution < -0.4 is 0 Å². The Labute approximate surface area is 54.0 Å². The van der Waals surface area contributed by atoms with Crippen molar-refractivity contribution in [3.8, 4) is 0 Å². The standard InChI is InChI=1S/C6H10O3/c1-6(2,3-7)4-9-5-8/h3,5H,4H2,1-2H3. The molecular weight excluding hydrogens is 120 g/mol. The summed E-state index contributed by atoms with van der Waals surface area (Å²) in [6, 6.07) is 0. The monoisotopic (exact) mass is 130 g/mol. The molecule has 0 N–H and O–H groups in total. The Morgan fingerprint density at radius 2 is 2.00 bits per heavy atom. The van der Waals surface area contributed by atoms with Crippen molar-refractivity contribution in [2.24, 2.45) is 5.41 Å². The molecule has 0 bridgehead atoms. The molecule has 52 valence electrons. The van der Waals surface area contributed by atoms with Crippen LogP contribution in [0.4, 0.5) is 0 Å². The molecule has 0 fully saturated rings. The molecule has 0 unspecified atom stereocenters. The zero-order valence-electron chi connectivity index (χ0n) is 5.59. The zero-order valence-corrected chi connectivity index (χ0v) is 5.59. The minimum absolute atomic E-state index is 0.153. The van der Waals surface area contributed by atoms with E-state index in [1.165, 1.54) is 0 Å². The molecule has 0 rings (SSSR count). The molecule has 0 atom stereocenters. The lowest BCUT2D eigenvalue weighted by atomic mass is 9.98. The van der Waals surface area contributed by atoms with Crippen LogP contribution in [0.25, 0.3) is 0 Å². The summed E-state index contributed by atoms with van der Waals surface area (Å²) in [5.41, 5.74) is -0.541. The van der Waals surface area contributed by atoms with Gasteiger partial charge in [0.05, 0.1) is 5.41 Å². The number of carbonyl (C=O) groups excluding carboxylic acids is 2. The van der Waals surface area contributed by atoms with Crippen molar-refractivity contribution in [3.05, 3.63) is 0 Å². The van der Waals surface area contributed by atoms with Crippen molar-refractivity contribution >= 4 is 12.8 Å². The van der Waals surface area contributed by atoms with E-state index in [-0.39, 0.29) is 6.61 Å². The van der Waals surface area contributed by atoms with Crippen LogP contribution in [0.5, 0.6) is 0 Å². The molecule has 0 saturated heterocycles. The van der Waals surface area contributed by atoms with Crippen LogP contribution in [0.15, 0.2) is 0 Å². The summed E-state index contributed by atoms with van der Waals surface area (Å²) in [5.74, 6) is 0. The second kappa shape index (κ2) is 3.22. The SMILES string of the molecule is CC(C)(C=O)COC=O. The van der Waals surface area contributed by atoms with Gasteiger partial charge in [0.2, 0.25) is 0 Å². The molecule has 3 heteroatoms. The minimum atomic E-state index is -0.541. The number of rotatable bonds is 4. The van der Waals surface area contributed by atoms with Crippen LogP contribution in [0.1, 0.15) is 13.8 Å². The fraction of sp³-hybridized carbons (Fsp3) is 0.667. The van der Waals surface area contributed by atoms with Crippen molar-refractivity contribution in [1.82, 2.24) is 0 Å². The van der Waals surface area contributed by atoms with Gasteiger partial charge in [0.1, 0.15) is 12.9 Å². The Morgan fingerprint density at radius 3 is 2.33 bits per heavy atom. The normalized spacial score (nSPS) is 10.4. The molecule has 0 aromatic heterocycles. The summed E-state index contributed by atoms with van der Waals surface area (Å²) in [7, 11) is 0. The zero-order chi connectivity index (χ0) is 7.33. The van der Waals surface area contributed by atoms with Crippen LogP contribution in [-0.4, -0.2) is 19.4 Å². The van der Waals surface area contributed by atoms with E-state index in [2.05, 4.69) is 4.74 Å². The maximum absolute atomic E-state index is 10.1. The van der Waals surface area contributed by atoms with Gasteiger partial charge in [0.25, 0.3) is 6.47 Å². The third-order valence-corrected chi connectivity index (χ3v) is 0.842. The second-order valence-corrected chi connectivity index (χ2v) is 2.51. The van der Waals surface area contributed by atoms with Gasteiger partial charge in [-0.05, 0) is 13.8 Å². The molecule has 0 spiro atoms. The first-order valence-electron chi connectivity index (χ1n) is 2.64. The van der Waals surface area contributed by atoms with Gasteiger partial charge in [-0.1, -0.05) is 0 Å². The van der Waals surface area contributed by atoms with E-state index >= 15 is 0 Å². The highest BCUT2D eigenvalue weighted by Crippen LogP contribution is 2.09. The fourth-order valence-corrected chi connectivity index (χ4v) is 0.283. The molecule has 0 saturated carbocycles. The van der Waals surface area contributed by atoms with Crippen LogP contribution in [0, 0.1) is 5.41 Å². The predicted octanol–water partition coefficient (Wildman–Crippen LogP) is 0.385. The topological polar surface area (TPSA) is 43.4 Å². The molecule has 3 nitrogen and oxygen atoms in total. The summed E-state index contributed by atoms with van der Waals surface area (Å²) in [5, 5.41) is 0. The maximum atomic E-state index is 10.1. The van der Waals surface area contributed by atoms with E-state index in [4.69, 9.17) is 0 Å². The van der Waals surface area contributed by atoms with Gasteiger partial charge >= 0.3 is 0 Å². The lowest BCUT2D eigenvalue weighted by Gasteiger charge is -2.13. The highest BCUT2D eigenvalue weighted by molar-refractivity contribution is 5.58. The number of hydrogen-bond donors (Lipinski definition) is 0. The first-order chi connectivity index (χ1) is 4.12. The van der Waals surface area contributed by atoms with E-state index in [1.807, 2.05) is 0 Å². The lowest BCUT2D eigenvalue weighted by Crippen LogP contribution is -2.20. The fourth-order valence-electron chi connectivity index (χ4n) is 0.283. The third-order valence-electron chi connectivity index (χ3n) is 0.842. The number of carbonyl (C=O) groups is 2. The molecule has 9 heavy (non-hydrogen) atoms. The molecular formula is C6H10O3. The van der Waals surface area contributed by atoms with Gasteiger partial charge in [-0.25, -0.2) is 0 Å². The Bertz CT molecular complexity index is 107. The van der Waals surface area contributed by atoms with Gasteiger partial charge in [-0.2, -0.15) is 0 Å². The summed E-state index contributed by atoms with van der Waals surface area (Å²) in [4.78, 5) is 19.8. The quantitative estimate of drug-likeness (QED) is 0.517. The van der Waals surface area contributed by atoms with Gasteiger partial charge in [0.15, 0.2) is 0 Å². The number of aldehydes is 1. The summed E-state index contributed by atoms with van der Waals surface area (Å²) in [6.07, 6.45) is 0.760. The minimum Gasteiger partial charge on any atom is -0.467 e. The third kappa shape index (κ3) is 3.70. The molecule has 0 aliphatic carbocycles. The molecule has 0 aromatic carbocycles. The smallest absolute Gasteiger partial charge is 0.293 e. The summed E-state index contributed by atoms with van der Waals surface area (Å²) in [6.45, 7) is 3.89. The van der Waals surface area contributed by atoms with Crippen LogP contribution in [0.3, 0.4) is 0 Å². The molecule has 0 amide bonds. The molecule has 0 aliphatic rings. The van der Waals surface area contributed by atoms with E-state index in [9.17, 15) is 9.59 Å². The van der Waals surface area contributed by atoms with Crippen molar-refractivity contribution in [2.75, 3.05) is 6.61 Å². The predicted molar refractivity (Wildman–Crippen MR) is 31.9 cm³/mol. The number of hydrogen-bond acceptors (Lipinski definition) is 3. The Morgan fingerprint density at radius 1 is 1.44 bits per heavy atom. The van der Waals surface area contributed by atoms with Crippen LogP contribution in [0.2, 0.25) is 0 Å². The lowest BCUT2D eigenvalue weighted by molar-refractivity contribution is -0.133. The Kier molecular flexibility index (Phi) is 2.91. The maximum Gasteiger partial charge on any atom is 0.293 e. The van der Waals surface area contributed by atoms with Gasteiger partial charge in [0, 0.05) is 0 Å². The van der Waals surface area contributed by atoms with Crippen LogP contribution in [-0.2, 0) is 14.3 Å². The van der Waals surface area contributed by atoms with Gasteiger partial charge in [-0.15, -0.1) is 0 Å². The highest BCUT2D eigenvalue weighted by atomic mass is 16.5. The van der Waals surface area contributed by atoms with Gasteiger partial charge in [-0.3, -0.25) is 4.79 Å². The molecule has 0 radical (unpaired) electrons. The largest absolute Gasteiger partial charge is 0.467 e. The number of ether oxygens (including phenoxy) is 1. The average molecular weight is 130 g/mol. The van der Waals surface area contributed by atoms with Crippen molar-refractivity contribution in [2.45, 2.75) is 13.8 Å².